The van der Waals surface area contributed by atoms with E-state index in [4.69, 9.17) is 10.8 Å². The molecule has 0 aliphatic carbocycles. The number of amides is 3. The zero-order valence-corrected chi connectivity index (χ0v) is 20.3. The Kier molecular flexibility index (Phi) is 12.1. The Hall–Kier alpha value is -2.44. The Morgan fingerprint density at radius 3 is 1.85 bits per heavy atom. The molecule has 0 radical (unpaired) electrons. The van der Waals surface area contributed by atoms with Crippen LogP contribution in [0, 0.1) is 5.92 Å². The molecule has 1 rings (SSSR count). The predicted octanol–water partition coefficient (Wildman–Crippen LogP) is -0.293. The summed E-state index contributed by atoms with van der Waals surface area (Å²) >= 11 is 7.96. The van der Waals surface area contributed by atoms with Crippen molar-refractivity contribution in [2.45, 2.75) is 50.9 Å². The number of nitrogens with two attached hydrogens (primary N) is 1. The number of carboxylic acids is 1. The first-order valence-corrected chi connectivity index (χ1v) is 11.6. The van der Waals surface area contributed by atoms with Gasteiger partial charge in [-0.15, -0.1) is 0 Å². The summed E-state index contributed by atoms with van der Waals surface area (Å²) in [6.45, 7) is 3.74. The van der Waals surface area contributed by atoms with Crippen LogP contribution in [0.5, 0.6) is 5.75 Å². The Morgan fingerprint density at radius 2 is 1.36 bits per heavy atom. The quantitative estimate of drug-likeness (QED) is 0.172. The second kappa shape index (κ2) is 14.0. The fourth-order valence-corrected chi connectivity index (χ4v) is 3.39. The van der Waals surface area contributed by atoms with Crippen LogP contribution in [0.3, 0.4) is 0 Å². The van der Waals surface area contributed by atoms with E-state index in [0.717, 1.165) is 5.56 Å². The first-order chi connectivity index (χ1) is 15.5. The minimum Gasteiger partial charge on any atom is -0.508 e. The molecule has 0 heterocycles. The van der Waals surface area contributed by atoms with E-state index in [1.165, 1.54) is 12.1 Å². The summed E-state index contributed by atoms with van der Waals surface area (Å²) in [7, 11) is 0. The summed E-state index contributed by atoms with van der Waals surface area (Å²) in [4.78, 5) is 49.0. The monoisotopic (exact) mass is 500 g/mol. The third-order valence-corrected chi connectivity index (χ3v) is 5.41. The highest BCUT2D eigenvalue weighted by atomic mass is 32.1. The largest absolute Gasteiger partial charge is 0.508 e. The zero-order chi connectivity index (χ0) is 25.1. The van der Waals surface area contributed by atoms with Crippen LogP contribution in [0.25, 0.3) is 0 Å². The molecule has 0 saturated carbocycles. The minimum atomic E-state index is -1.25. The van der Waals surface area contributed by atoms with Gasteiger partial charge in [-0.1, -0.05) is 26.0 Å². The fourth-order valence-electron chi connectivity index (χ4n) is 2.88. The molecular weight excluding hydrogens is 468 g/mol. The van der Waals surface area contributed by atoms with Gasteiger partial charge in [-0.3, -0.25) is 14.4 Å². The van der Waals surface area contributed by atoms with Crippen molar-refractivity contribution < 1.29 is 29.4 Å². The van der Waals surface area contributed by atoms with Gasteiger partial charge in [0.05, 0.1) is 6.04 Å². The van der Waals surface area contributed by atoms with Crippen molar-refractivity contribution >= 4 is 48.9 Å². The SMILES string of the molecule is CC(C)CC(NC(=O)C(N)Cc1ccc(O)cc1)C(=O)NC(CS)C(=O)NC(CS)C(=O)O. The average Bonchev–Trinajstić information content (AvgIpc) is 2.75. The predicted molar refractivity (Wildman–Crippen MR) is 130 cm³/mol. The van der Waals surface area contributed by atoms with Crippen LogP contribution >= 0.6 is 25.3 Å². The first-order valence-electron chi connectivity index (χ1n) is 10.4. The van der Waals surface area contributed by atoms with E-state index in [9.17, 15) is 24.3 Å². The number of benzene rings is 1. The van der Waals surface area contributed by atoms with Crippen LogP contribution in [-0.2, 0) is 25.6 Å². The number of rotatable bonds is 13. The molecule has 1 aromatic rings. The highest BCUT2D eigenvalue weighted by molar-refractivity contribution is 7.80. The second-order valence-corrected chi connectivity index (χ2v) is 8.72. The minimum absolute atomic E-state index is 0.0400. The molecule has 0 aliphatic rings. The molecule has 0 saturated heterocycles. The summed E-state index contributed by atoms with van der Waals surface area (Å²) in [6.07, 6.45) is 0.489. The molecular formula is C21H32N4O6S2. The lowest BCUT2D eigenvalue weighted by molar-refractivity contribution is -0.141. The Balaban J connectivity index is 2.83. The standard InChI is InChI=1S/C21H32N4O6S2/c1-11(2)7-15(23-18(27)14(22)8-12-3-5-13(26)6-4-12)19(28)24-16(9-32)20(29)25-17(10-33)21(30)31/h3-6,11,14-17,26,32-33H,7-10,22H2,1-2H3,(H,23,27)(H,24,28)(H,25,29)(H,30,31). The molecule has 0 bridgehead atoms. The number of thiol groups is 2. The number of hydrogen-bond acceptors (Lipinski definition) is 8. The van der Waals surface area contributed by atoms with Gasteiger partial charge in [0.25, 0.3) is 0 Å². The van der Waals surface area contributed by atoms with Gasteiger partial charge in [0.1, 0.15) is 23.9 Å². The van der Waals surface area contributed by atoms with Crippen LogP contribution in [0.2, 0.25) is 0 Å². The molecule has 4 atom stereocenters. The number of aromatic hydroxyl groups is 1. The van der Waals surface area contributed by atoms with Gasteiger partial charge in [0.2, 0.25) is 17.7 Å². The number of carbonyl (C=O) groups excluding carboxylic acids is 3. The van der Waals surface area contributed by atoms with Crippen molar-refractivity contribution in [1.82, 2.24) is 16.0 Å². The van der Waals surface area contributed by atoms with Crippen LogP contribution in [-0.4, -0.2) is 69.6 Å². The third kappa shape index (κ3) is 9.93. The molecule has 0 aromatic heterocycles. The molecule has 1 aromatic carbocycles. The third-order valence-electron chi connectivity index (χ3n) is 4.68. The van der Waals surface area contributed by atoms with Crippen molar-refractivity contribution in [2.24, 2.45) is 11.7 Å². The summed E-state index contributed by atoms with van der Waals surface area (Å²) < 4.78 is 0. The lowest BCUT2D eigenvalue weighted by atomic mass is 10.0. The van der Waals surface area contributed by atoms with Crippen molar-refractivity contribution in [3.05, 3.63) is 29.8 Å². The van der Waals surface area contributed by atoms with E-state index >= 15 is 0 Å². The summed E-state index contributed by atoms with van der Waals surface area (Å²) in [5.74, 6) is -3.21. The van der Waals surface area contributed by atoms with Crippen LogP contribution in [0.15, 0.2) is 24.3 Å². The average molecular weight is 501 g/mol. The molecule has 4 unspecified atom stereocenters. The fraction of sp³-hybridized carbons (Fsp3) is 0.524. The Bertz CT molecular complexity index is 821. The molecule has 184 valence electrons. The van der Waals surface area contributed by atoms with E-state index in [2.05, 4.69) is 41.2 Å². The molecule has 10 nitrogen and oxygen atoms in total. The van der Waals surface area contributed by atoms with E-state index in [0.29, 0.717) is 6.42 Å². The molecule has 3 amide bonds. The summed E-state index contributed by atoms with van der Waals surface area (Å²) in [5, 5.41) is 25.9. The topological polar surface area (TPSA) is 171 Å². The number of phenolic OH excluding ortho intramolecular Hbond substituents is 1. The van der Waals surface area contributed by atoms with Gasteiger partial charge in [0, 0.05) is 11.5 Å². The molecule has 12 heteroatoms. The van der Waals surface area contributed by atoms with E-state index < -0.39 is 47.9 Å². The maximum Gasteiger partial charge on any atom is 0.327 e. The number of phenols is 1. The maximum atomic E-state index is 12.9. The van der Waals surface area contributed by atoms with Crippen molar-refractivity contribution in [3.63, 3.8) is 0 Å². The van der Waals surface area contributed by atoms with Crippen LogP contribution < -0.4 is 21.7 Å². The van der Waals surface area contributed by atoms with Crippen molar-refractivity contribution in [2.75, 3.05) is 11.5 Å². The molecule has 7 N–H and O–H groups in total. The number of carbonyl (C=O) groups is 4. The normalized spacial score (nSPS) is 14.6. The van der Waals surface area contributed by atoms with Crippen LogP contribution in [0.1, 0.15) is 25.8 Å². The summed E-state index contributed by atoms with van der Waals surface area (Å²) in [6, 6.07) is 2.04. The molecule has 33 heavy (non-hydrogen) atoms. The van der Waals surface area contributed by atoms with E-state index in [1.54, 1.807) is 12.1 Å². The van der Waals surface area contributed by atoms with Gasteiger partial charge in [-0.05, 0) is 36.5 Å². The lowest BCUT2D eigenvalue weighted by Gasteiger charge is -2.25. The smallest absolute Gasteiger partial charge is 0.327 e. The van der Waals surface area contributed by atoms with Gasteiger partial charge < -0.3 is 31.9 Å². The zero-order valence-electron chi connectivity index (χ0n) is 18.5. The first kappa shape index (κ1) is 28.6. The highest BCUT2D eigenvalue weighted by Crippen LogP contribution is 2.11. The van der Waals surface area contributed by atoms with Gasteiger partial charge in [-0.25, -0.2) is 4.79 Å². The number of nitrogens with one attached hydrogen (secondary N) is 3. The van der Waals surface area contributed by atoms with Crippen LogP contribution in [0.4, 0.5) is 0 Å². The van der Waals surface area contributed by atoms with E-state index in [1.807, 2.05) is 13.8 Å². The lowest BCUT2D eigenvalue weighted by Crippen LogP contribution is -2.58. The number of hydrogen-bond donors (Lipinski definition) is 8. The van der Waals surface area contributed by atoms with Crippen molar-refractivity contribution in [3.8, 4) is 5.75 Å². The number of carboxylic acid groups (broad SMARTS) is 1. The molecule has 0 aliphatic heterocycles. The molecule has 0 fully saturated rings. The van der Waals surface area contributed by atoms with Crippen molar-refractivity contribution in [1.29, 1.82) is 0 Å². The second-order valence-electron chi connectivity index (χ2n) is 7.99. The maximum absolute atomic E-state index is 12.9. The Morgan fingerprint density at radius 1 is 0.879 bits per heavy atom. The van der Waals surface area contributed by atoms with Gasteiger partial charge in [-0.2, -0.15) is 25.3 Å². The van der Waals surface area contributed by atoms with E-state index in [-0.39, 0.29) is 29.6 Å². The number of aliphatic carboxylic acids is 1. The Labute approximate surface area is 203 Å². The molecule has 0 spiro atoms. The van der Waals surface area contributed by atoms with Gasteiger partial charge in [0.15, 0.2) is 0 Å². The van der Waals surface area contributed by atoms with Gasteiger partial charge >= 0.3 is 5.97 Å². The highest BCUT2D eigenvalue weighted by Gasteiger charge is 2.29. The summed E-state index contributed by atoms with van der Waals surface area (Å²) in [5.41, 5.74) is 6.74.